The Hall–Kier alpha value is -0.980. The van der Waals surface area contributed by atoms with E-state index in [0.717, 1.165) is 5.56 Å². The molecule has 0 spiro atoms. The van der Waals surface area contributed by atoms with Crippen LogP contribution in [0.5, 0.6) is 0 Å². The van der Waals surface area contributed by atoms with Gasteiger partial charge in [0.15, 0.2) is 0 Å². The maximum absolute atomic E-state index is 12.2. The van der Waals surface area contributed by atoms with Gasteiger partial charge in [-0.05, 0) is 32.9 Å². The Morgan fingerprint density at radius 3 is 2.17 bits per heavy atom. The predicted molar refractivity (Wildman–Crippen MR) is 91.2 cm³/mol. The second-order valence-corrected chi connectivity index (χ2v) is 8.64. The van der Waals surface area contributed by atoms with E-state index in [1.165, 1.54) is 0 Å². The Morgan fingerprint density at radius 1 is 1.09 bits per heavy atom. The van der Waals surface area contributed by atoms with Crippen LogP contribution in [0.25, 0.3) is 0 Å². The van der Waals surface area contributed by atoms with Crippen LogP contribution in [0.15, 0.2) is 41.3 Å². The molecule has 0 aliphatic heterocycles. The third kappa shape index (κ3) is 6.97. The molecule has 1 aromatic rings. The lowest BCUT2D eigenvalue weighted by atomic mass is 10.2. The topological polar surface area (TPSA) is 81.7 Å². The summed E-state index contributed by atoms with van der Waals surface area (Å²) < 4.78 is 49.1. The van der Waals surface area contributed by atoms with Gasteiger partial charge in [0.2, 0.25) is 10.0 Å². The Kier molecular flexibility index (Phi) is 8.16. The number of sulfonamides is 1. The van der Waals surface area contributed by atoms with Gasteiger partial charge in [0.1, 0.15) is 0 Å². The van der Waals surface area contributed by atoms with Gasteiger partial charge < -0.3 is 9.05 Å². The molecule has 23 heavy (non-hydrogen) atoms. The van der Waals surface area contributed by atoms with Gasteiger partial charge >= 0.3 is 7.60 Å². The number of aryl methyl sites for hydroxylation is 1. The summed E-state index contributed by atoms with van der Waals surface area (Å²) in [5.41, 5.74) is 0.992. The van der Waals surface area contributed by atoms with Crippen molar-refractivity contribution in [2.45, 2.75) is 25.7 Å². The van der Waals surface area contributed by atoms with Crippen LogP contribution in [0.4, 0.5) is 0 Å². The molecule has 1 rings (SSSR count). The molecule has 6 nitrogen and oxygen atoms in total. The number of rotatable bonds is 10. The number of allylic oxidation sites excluding steroid dienone is 1. The second kappa shape index (κ2) is 9.35. The fraction of sp³-hybridized carbons (Fsp3) is 0.467. The molecule has 0 unspecified atom stereocenters. The molecule has 0 atom stereocenters. The van der Waals surface area contributed by atoms with Crippen LogP contribution in [0.2, 0.25) is 0 Å². The van der Waals surface area contributed by atoms with E-state index in [1.807, 2.05) is 6.92 Å². The number of hydrogen-bond acceptors (Lipinski definition) is 5. The quantitative estimate of drug-likeness (QED) is 0.511. The monoisotopic (exact) mass is 361 g/mol. The van der Waals surface area contributed by atoms with Crippen LogP contribution < -0.4 is 4.72 Å². The van der Waals surface area contributed by atoms with Crippen molar-refractivity contribution in [2.24, 2.45) is 0 Å². The van der Waals surface area contributed by atoms with Gasteiger partial charge in [-0.2, -0.15) is 0 Å². The molecular formula is C15H24NO5PS. The molecule has 0 amide bonds. The van der Waals surface area contributed by atoms with Crippen molar-refractivity contribution in [1.29, 1.82) is 0 Å². The zero-order chi connectivity index (χ0) is 17.3. The van der Waals surface area contributed by atoms with Crippen molar-refractivity contribution < 1.29 is 22.0 Å². The first kappa shape index (κ1) is 20.1. The predicted octanol–water partition coefficient (Wildman–Crippen LogP) is 3.10. The van der Waals surface area contributed by atoms with Crippen molar-refractivity contribution in [3.63, 3.8) is 0 Å². The van der Waals surface area contributed by atoms with Crippen LogP contribution in [0.1, 0.15) is 19.4 Å². The summed E-state index contributed by atoms with van der Waals surface area (Å²) in [4.78, 5) is 0.214. The summed E-state index contributed by atoms with van der Waals surface area (Å²) in [6.07, 6.45) is 3.31. The lowest BCUT2D eigenvalue weighted by molar-refractivity contribution is 0.222. The van der Waals surface area contributed by atoms with Crippen molar-refractivity contribution in [1.82, 2.24) is 4.72 Å². The molecule has 0 saturated carbocycles. The van der Waals surface area contributed by atoms with Crippen molar-refractivity contribution in [3.05, 3.63) is 42.0 Å². The summed E-state index contributed by atoms with van der Waals surface area (Å²) >= 11 is 0. The fourth-order valence-electron chi connectivity index (χ4n) is 1.78. The summed E-state index contributed by atoms with van der Waals surface area (Å²) in [6, 6.07) is 6.59. The third-order valence-corrected chi connectivity index (χ3v) is 6.27. The average molecular weight is 361 g/mol. The summed E-state index contributed by atoms with van der Waals surface area (Å²) in [7, 11) is -6.67. The minimum atomic E-state index is -3.55. The van der Waals surface area contributed by atoms with Gasteiger partial charge in [-0.3, -0.25) is 4.57 Å². The summed E-state index contributed by atoms with van der Waals surface area (Å²) in [5, 5.41) is 0. The first-order chi connectivity index (χ1) is 10.8. The van der Waals surface area contributed by atoms with E-state index in [1.54, 1.807) is 50.3 Å². The van der Waals surface area contributed by atoms with Crippen LogP contribution in [-0.2, 0) is 23.6 Å². The third-order valence-electron chi connectivity index (χ3n) is 2.87. The fourth-order valence-corrected chi connectivity index (χ4v) is 4.24. The molecule has 1 N–H and O–H groups in total. The van der Waals surface area contributed by atoms with Crippen molar-refractivity contribution >= 4 is 17.6 Å². The highest BCUT2D eigenvalue weighted by atomic mass is 32.2. The molecule has 0 fully saturated rings. The van der Waals surface area contributed by atoms with Crippen LogP contribution in [0.3, 0.4) is 0 Å². The zero-order valence-corrected chi connectivity index (χ0v) is 15.4. The molecule has 0 saturated heterocycles. The van der Waals surface area contributed by atoms with E-state index in [0.29, 0.717) is 13.2 Å². The van der Waals surface area contributed by atoms with Gasteiger partial charge in [-0.15, -0.1) is 0 Å². The van der Waals surface area contributed by atoms with E-state index in [9.17, 15) is 13.0 Å². The van der Waals surface area contributed by atoms with E-state index < -0.39 is 17.6 Å². The lowest BCUT2D eigenvalue weighted by Crippen LogP contribution is -2.23. The maximum Gasteiger partial charge on any atom is 0.334 e. The van der Waals surface area contributed by atoms with E-state index in [2.05, 4.69) is 4.72 Å². The Balaban J connectivity index is 2.55. The first-order valence-electron chi connectivity index (χ1n) is 7.42. The Bertz CT molecular complexity index is 645. The normalized spacial score (nSPS) is 12.8. The van der Waals surface area contributed by atoms with E-state index in [-0.39, 0.29) is 17.6 Å². The largest absolute Gasteiger partial charge is 0.334 e. The molecule has 0 aromatic heterocycles. The second-order valence-electron chi connectivity index (χ2n) is 4.77. The number of benzene rings is 1. The minimum absolute atomic E-state index is 0.106. The molecule has 0 heterocycles. The standard InChI is InChI=1S/C15H24NO5PS/c1-4-20-22(17,21-5-2)13-7-6-12-16-23(18,19)15-10-8-14(3)9-11-15/h6-11,16H,4-5,12-13H2,1-3H3/b7-6+. The van der Waals surface area contributed by atoms with Crippen LogP contribution in [-0.4, -0.2) is 34.3 Å². The van der Waals surface area contributed by atoms with Crippen LogP contribution in [0, 0.1) is 6.92 Å². The van der Waals surface area contributed by atoms with Gasteiger partial charge in [-0.1, -0.05) is 29.8 Å². The van der Waals surface area contributed by atoms with Crippen LogP contribution >= 0.6 is 7.60 Å². The van der Waals surface area contributed by atoms with Gasteiger partial charge in [0.25, 0.3) is 0 Å². The number of hydrogen-bond donors (Lipinski definition) is 1. The Morgan fingerprint density at radius 2 is 1.65 bits per heavy atom. The molecule has 1 aromatic carbocycles. The molecular weight excluding hydrogens is 337 g/mol. The summed E-state index contributed by atoms with van der Waals surface area (Å²) in [5.74, 6) is 0. The molecule has 0 aliphatic rings. The highest BCUT2D eigenvalue weighted by Gasteiger charge is 2.21. The SMILES string of the molecule is CCOP(=O)(C/C=C/CNS(=O)(=O)c1ccc(C)cc1)OCC. The van der Waals surface area contributed by atoms with Gasteiger partial charge in [-0.25, -0.2) is 13.1 Å². The van der Waals surface area contributed by atoms with Gasteiger partial charge in [0, 0.05) is 6.54 Å². The average Bonchev–Trinajstić information content (AvgIpc) is 2.47. The zero-order valence-electron chi connectivity index (χ0n) is 13.7. The minimum Gasteiger partial charge on any atom is -0.309 e. The van der Waals surface area contributed by atoms with Crippen molar-refractivity contribution in [3.8, 4) is 0 Å². The first-order valence-corrected chi connectivity index (χ1v) is 10.6. The number of nitrogens with one attached hydrogen (secondary N) is 1. The summed E-state index contributed by atoms with van der Waals surface area (Å²) in [6.45, 7) is 6.07. The Labute approximate surface area is 138 Å². The highest BCUT2D eigenvalue weighted by Crippen LogP contribution is 2.47. The smallest absolute Gasteiger partial charge is 0.309 e. The molecule has 0 aliphatic carbocycles. The van der Waals surface area contributed by atoms with E-state index in [4.69, 9.17) is 9.05 Å². The van der Waals surface area contributed by atoms with Gasteiger partial charge in [0.05, 0.1) is 24.3 Å². The molecule has 0 radical (unpaired) electrons. The highest BCUT2D eigenvalue weighted by molar-refractivity contribution is 7.89. The maximum atomic E-state index is 12.2. The van der Waals surface area contributed by atoms with Crippen molar-refractivity contribution in [2.75, 3.05) is 25.9 Å². The lowest BCUT2D eigenvalue weighted by Gasteiger charge is -2.14. The molecule has 130 valence electrons. The molecule has 8 heteroatoms. The van der Waals surface area contributed by atoms with E-state index >= 15 is 0 Å². The molecule has 0 bridgehead atoms.